The number of hydrogen-bond acceptors (Lipinski definition) is 3. The van der Waals surface area contributed by atoms with Gasteiger partial charge in [0, 0.05) is 30.5 Å². The first-order valence-corrected chi connectivity index (χ1v) is 12.8. The third-order valence-corrected chi connectivity index (χ3v) is 6.01. The van der Waals surface area contributed by atoms with Crippen LogP contribution in [0.5, 0.6) is 5.75 Å². The van der Waals surface area contributed by atoms with Crippen LogP contribution in [-0.4, -0.2) is 35.4 Å². The van der Waals surface area contributed by atoms with Gasteiger partial charge < -0.3 is 15.0 Å². The van der Waals surface area contributed by atoms with Crippen molar-refractivity contribution in [2.45, 2.75) is 58.7 Å². The van der Waals surface area contributed by atoms with Crippen LogP contribution in [0.15, 0.2) is 78.9 Å². The standard InChI is InChI=1S/C30H35ClN2O3/c1-22(2)32-30(35)28(20-24-10-5-4-6-11-24)33(21-25-12-7-9-23(3)19-25)29(34)13-8-18-36-27-16-14-26(31)15-17-27/h4-7,9-12,14-17,19,22,28H,8,13,18,20-21H2,1-3H3,(H,32,35)/t28-/m0/s1. The van der Waals surface area contributed by atoms with Crippen molar-refractivity contribution in [3.63, 3.8) is 0 Å². The maximum Gasteiger partial charge on any atom is 0.243 e. The first-order valence-electron chi connectivity index (χ1n) is 12.4. The van der Waals surface area contributed by atoms with Gasteiger partial charge in [0.1, 0.15) is 11.8 Å². The van der Waals surface area contributed by atoms with Gasteiger partial charge in [-0.05, 0) is 62.6 Å². The van der Waals surface area contributed by atoms with E-state index >= 15 is 0 Å². The quantitative estimate of drug-likeness (QED) is 0.308. The van der Waals surface area contributed by atoms with Crippen LogP contribution >= 0.6 is 11.6 Å². The molecule has 0 bridgehead atoms. The number of carbonyl (C=O) groups is 2. The van der Waals surface area contributed by atoms with Crippen LogP contribution in [0.3, 0.4) is 0 Å². The summed E-state index contributed by atoms with van der Waals surface area (Å²) in [6.45, 7) is 6.64. The summed E-state index contributed by atoms with van der Waals surface area (Å²) >= 11 is 5.93. The molecule has 1 N–H and O–H groups in total. The Bertz CT molecular complexity index is 1120. The molecular weight excluding hydrogens is 472 g/mol. The first kappa shape index (κ1) is 27.3. The molecule has 190 valence electrons. The van der Waals surface area contributed by atoms with Crippen molar-refractivity contribution in [2.24, 2.45) is 0 Å². The number of ether oxygens (including phenoxy) is 1. The highest BCUT2D eigenvalue weighted by molar-refractivity contribution is 6.30. The van der Waals surface area contributed by atoms with Crippen molar-refractivity contribution in [1.29, 1.82) is 0 Å². The summed E-state index contributed by atoms with van der Waals surface area (Å²) in [6, 6.07) is 24.4. The second-order valence-corrected chi connectivity index (χ2v) is 9.72. The molecule has 0 aromatic heterocycles. The molecule has 36 heavy (non-hydrogen) atoms. The Hall–Kier alpha value is -3.31. The Labute approximate surface area is 219 Å². The molecule has 3 rings (SSSR count). The molecule has 0 saturated heterocycles. The van der Waals surface area contributed by atoms with E-state index < -0.39 is 6.04 Å². The Morgan fingerprint density at radius 1 is 0.944 bits per heavy atom. The SMILES string of the molecule is Cc1cccc(CN(C(=O)CCCOc2ccc(Cl)cc2)[C@@H](Cc2ccccc2)C(=O)NC(C)C)c1. The number of nitrogens with one attached hydrogen (secondary N) is 1. The lowest BCUT2D eigenvalue weighted by molar-refractivity contribution is -0.141. The molecule has 1 atom stereocenters. The third-order valence-electron chi connectivity index (χ3n) is 5.75. The predicted molar refractivity (Wildman–Crippen MR) is 145 cm³/mol. The Morgan fingerprint density at radius 3 is 2.31 bits per heavy atom. The Kier molecular flexibility index (Phi) is 10.4. The highest BCUT2D eigenvalue weighted by Crippen LogP contribution is 2.19. The molecule has 0 aliphatic rings. The molecule has 0 aliphatic carbocycles. The number of nitrogens with zero attached hydrogens (tertiary/aromatic N) is 1. The number of aryl methyl sites for hydroxylation is 1. The summed E-state index contributed by atoms with van der Waals surface area (Å²) in [4.78, 5) is 28.7. The van der Waals surface area contributed by atoms with Gasteiger partial charge in [-0.25, -0.2) is 0 Å². The van der Waals surface area contributed by atoms with E-state index in [2.05, 4.69) is 11.4 Å². The van der Waals surface area contributed by atoms with Crippen LogP contribution in [-0.2, 0) is 22.6 Å². The number of halogens is 1. The summed E-state index contributed by atoms with van der Waals surface area (Å²) in [5, 5.41) is 3.67. The van der Waals surface area contributed by atoms with Gasteiger partial charge in [-0.1, -0.05) is 71.8 Å². The fraction of sp³-hybridized carbons (Fsp3) is 0.333. The summed E-state index contributed by atoms with van der Waals surface area (Å²) in [5.41, 5.74) is 3.12. The second kappa shape index (κ2) is 13.7. The molecule has 3 aromatic rings. The second-order valence-electron chi connectivity index (χ2n) is 9.29. The fourth-order valence-electron chi connectivity index (χ4n) is 4.03. The predicted octanol–water partition coefficient (Wildman–Crippen LogP) is 5.97. The number of hydrogen-bond donors (Lipinski definition) is 1. The molecule has 3 aromatic carbocycles. The average molecular weight is 507 g/mol. The normalized spacial score (nSPS) is 11.7. The van der Waals surface area contributed by atoms with Crippen molar-refractivity contribution in [3.8, 4) is 5.75 Å². The van der Waals surface area contributed by atoms with E-state index in [1.165, 1.54) is 0 Å². The lowest BCUT2D eigenvalue weighted by Gasteiger charge is -2.32. The molecule has 0 fully saturated rings. The lowest BCUT2D eigenvalue weighted by Crippen LogP contribution is -2.51. The summed E-state index contributed by atoms with van der Waals surface area (Å²) < 4.78 is 5.77. The number of amides is 2. The van der Waals surface area contributed by atoms with Crippen LogP contribution in [0.1, 0.15) is 43.4 Å². The van der Waals surface area contributed by atoms with Crippen LogP contribution in [0, 0.1) is 6.92 Å². The topological polar surface area (TPSA) is 58.6 Å². The van der Waals surface area contributed by atoms with Gasteiger partial charge in [0.25, 0.3) is 0 Å². The largest absolute Gasteiger partial charge is 0.494 e. The lowest BCUT2D eigenvalue weighted by atomic mass is 10.0. The van der Waals surface area contributed by atoms with Crippen molar-refractivity contribution in [3.05, 3.63) is 101 Å². The Balaban J connectivity index is 1.78. The molecular formula is C30H35ClN2O3. The van der Waals surface area contributed by atoms with Crippen LogP contribution in [0.2, 0.25) is 5.02 Å². The van der Waals surface area contributed by atoms with E-state index in [4.69, 9.17) is 16.3 Å². The highest BCUT2D eigenvalue weighted by atomic mass is 35.5. The molecule has 0 aliphatic heterocycles. The zero-order valence-corrected chi connectivity index (χ0v) is 22.0. The minimum atomic E-state index is -0.625. The van der Waals surface area contributed by atoms with E-state index in [0.29, 0.717) is 36.8 Å². The average Bonchev–Trinajstić information content (AvgIpc) is 2.85. The van der Waals surface area contributed by atoms with Gasteiger partial charge >= 0.3 is 0 Å². The van der Waals surface area contributed by atoms with Crippen molar-refractivity contribution < 1.29 is 14.3 Å². The molecule has 0 unspecified atom stereocenters. The molecule has 2 amide bonds. The monoisotopic (exact) mass is 506 g/mol. The van der Waals surface area contributed by atoms with Gasteiger partial charge in [-0.15, -0.1) is 0 Å². The van der Waals surface area contributed by atoms with E-state index in [9.17, 15) is 9.59 Å². The van der Waals surface area contributed by atoms with E-state index in [1.54, 1.807) is 29.2 Å². The number of rotatable bonds is 12. The molecule has 5 nitrogen and oxygen atoms in total. The van der Waals surface area contributed by atoms with Gasteiger partial charge in [0.15, 0.2) is 0 Å². The summed E-state index contributed by atoms with van der Waals surface area (Å²) in [6.07, 6.45) is 1.26. The third kappa shape index (κ3) is 8.72. The number of benzene rings is 3. The zero-order chi connectivity index (χ0) is 25.9. The van der Waals surface area contributed by atoms with E-state index in [0.717, 1.165) is 16.7 Å². The molecule has 6 heteroatoms. The van der Waals surface area contributed by atoms with Crippen LogP contribution in [0.4, 0.5) is 0 Å². The highest BCUT2D eigenvalue weighted by Gasteiger charge is 2.30. The van der Waals surface area contributed by atoms with Crippen LogP contribution < -0.4 is 10.1 Å². The number of carbonyl (C=O) groups excluding carboxylic acids is 2. The smallest absolute Gasteiger partial charge is 0.243 e. The van der Waals surface area contributed by atoms with Crippen molar-refractivity contribution in [2.75, 3.05) is 6.61 Å². The molecule has 0 radical (unpaired) electrons. The van der Waals surface area contributed by atoms with Crippen LogP contribution in [0.25, 0.3) is 0 Å². The maximum atomic E-state index is 13.6. The van der Waals surface area contributed by atoms with Gasteiger partial charge in [0.2, 0.25) is 11.8 Å². The summed E-state index contributed by atoms with van der Waals surface area (Å²) in [7, 11) is 0. The Morgan fingerprint density at radius 2 is 1.64 bits per heavy atom. The maximum absolute atomic E-state index is 13.6. The summed E-state index contributed by atoms with van der Waals surface area (Å²) in [5.74, 6) is 0.491. The molecule has 0 heterocycles. The fourth-order valence-corrected chi connectivity index (χ4v) is 4.16. The van der Waals surface area contributed by atoms with Crippen molar-refractivity contribution >= 4 is 23.4 Å². The first-order chi connectivity index (χ1) is 17.3. The van der Waals surface area contributed by atoms with Gasteiger partial charge in [0.05, 0.1) is 6.61 Å². The minimum absolute atomic E-state index is 0.0283. The van der Waals surface area contributed by atoms with Gasteiger partial charge in [-0.3, -0.25) is 9.59 Å². The minimum Gasteiger partial charge on any atom is -0.494 e. The molecule has 0 spiro atoms. The van der Waals surface area contributed by atoms with Gasteiger partial charge in [-0.2, -0.15) is 0 Å². The van der Waals surface area contributed by atoms with Crippen molar-refractivity contribution in [1.82, 2.24) is 10.2 Å². The molecule has 0 saturated carbocycles. The van der Waals surface area contributed by atoms with E-state index in [1.807, 2.05) is 69.3 Å². The van der Waals surface area contributed by atoms with E-state index in [-0.39, 0.29) is 24.3 Å². The zero-order valence-electron chi connectivity index (χ0n) is 21.2.